The number of hydrogen-bond donors (Lipinski definition) is 3. The van der Waals surface area contributed by atoms with E-state index in [0.717, 1.165) is 19.3 Å². The van der Waals surface area contributed by atoms with E-state index >= 15 is 0 Å². The highest BCUT2D eigenvalue weighted by Gasteiger charge is 2.14. The Morgan fingerprint density at radius 2 is 1.94 bits per heavy atom. The van der Waals surface area contributed by atoms with Crippen LogP contribution < -0.4 is 10.6 Å². The van der Waals surface area contributed by atoms with Crippen molar-refractivity contribution in [3.8, 4) is 0 Å². The quantitative estimate of drug-likeness (QED) is 0.647. The summed E-state index contributed by atoms with van der Waals surface area (Å²) in [5, 5.41) is 15.2. The first-order valence-electron chi connectivity index (χ1n) is 6.94. The van der Waals surface area contributed by atoms with Crippen molar-refractivity contribution >= 4 is 6.03 Å². The van der Waals surface area contributed by atoms with Gasteiger partial charge in [-0.1, -0.05) is 32.6 Å². The fourth-order valence-electron chi connectivity index (χ4n) is 2.22. The topological polar surface area (TPSA) is 61.4 Å². The Morgan fingerprint density at radius 1 is 1.29 bits per heavy atom. The molecule has 0 aliphatic heterocycles. The molecular formula is C13H26N2O2. The van der Waals surface area contributed by atoms with Gasteiger partial charge in [0.1, 0.15) is 0 Å². The normalized spacial score (nSPS) is 19.4. The first-order chi connectivity index (χ1) is 8.22. The molecule has 0 radical (unpaired) electrons. The number of hydrogen-bond acceptors (Lipinski definition) is 2. The Labute approximate surface area is 104 Å². The fraction of sp³-hybridized carbons (Fsp3) is 0.923. The zero-order valence-corrected chi connectivity index (χ0v) is 10.9. The van der Waals surface area contributed by atoms with Gasteiger partial charge in [0, 0.05) is 12.6 Å². The van der Waals surface area contributed by atoms with E-state index in [0.29, 0.717) is 19.0 Å². The predicted molar refractivity (Wildman–Crippen MR) is 68.9 cm³/mol. The molecule has 1 saturated carbocycles. The second-order valence-corrected chi connectivity index (χ2v) is 4.94. The smallest absolute Gasteiger partial charge is 0.315 e. The third kappa shape index (κ3) is 6.51. The molecule has 1 rings (SSSR count). The van der Waals surface area contributed by atoms with E-state index in [2.05, 4.69) is 10.6 Å². The van der Waals surface area contributed by atoms with E-state index in [9.17, 15) is 9.90 Å². The molecule has 1 fully saturated rings. The Balaban J connectivity index is 2.10. The molecule has 0 aromatic heterocycles. The SMILES string of the molecule is CCC(O)CCNC(=O)NC1CCCCCC1. The molecule has 0 aromatic carbocycles. The lowest BCUT2D eigenvalue weighted by atomic mass is 10.1. The second-order valence-electron chi connectivity index (χ2n) is 4.94. The van der Waals surface area contributed by atoms with Crippen molar-refractivity contribution in [3.05, 3.63) is 0 Å². The summed E-state index contributed by atoms with van der Waals surface area (Å²) in [5.41, 5.74) is 0. The molecule has 3 N–H and O–H groups in total. The van der Waals surface area contributed by atoms with Crippen LogP contribution >= 0.6 is 0 Å². The highest BCUT2D eigenvalue weighted by Crippen LogP contribution is 2.16. The summed E-state index contributed by atoms with van der Waals surface area (Å²) in [4.78, 5) is 11.6. The lowest BCUT2D eigenvalue weighted by Crippen LogP contribution is -2.42. The summed E-state index contributed by atoms with van der Waals surface area (Å²) >= 11 is 0. The molecular weight excluding hydrogens is 216 g/mol. The third-order valence-electron chi connectivity index (χ3n) is 3.42. The average Bonchev–Trinajstić information content (AvgIpc) is 2.57. The van der Waals surface area contributed by atoms with Crippen molar-refractivity contribution in [1.29, 1.82) is 0 Å². The lowest BCUT2D eigenvalue weighted by Gasteiger charge is -2.17. The molecule has 0 bridgehead atoms. The Morgan fingerprint density at radius 3 is 2.53 bits per heavy atom. The largest absolute Gasteiger partial charge is 0.393 e. The molecule has 1 unspecified atom stereocenters. The number of rotatable bonds is 5. The third-order valence-corrected chi connectivity index (χ3v) is 3.42. The average molecular weight is 242 g/mol. The summed E-state index contributed by atoms with van der Waals surface area (Å²) in [6.45, 7) is 2.49. The zero-order valence-electron chi connectivity index (χ0n) is 10.9. The maximum Gasteiger partial charge on any atom is 0.315 e. The molecule has 0 spiro atoms. The maximum absolute atomic E-state index is 11.6. The van der Waals surface area contributed by atoms with E-state index in [4.69, 9.17) is 0 Å². The van der Waals surface area contributed by atoms with Crippen LogP contribution in [0.5, 0.6) is 0 Å². The second kappa shape index (κ2) is 8.34. The van der Waals surface area contributed by atoms with Gasteiger partial charge in [0.15, 0.2) is 0 Å². The number of carbonyl (C=O) groups excluding carboxylic acids is 1. The van der Waals surface area contributed by atoms with Crippen molar-refractivity contribution in [2.75, 3.05) is 6.54 Å². The number of aliphatic hydroxyl groups excluding tert-OH is 1. The number of nitrogens with one attached hydrogen (secondary N) is 2. The summed E-state index contributed by atoms with van der Waals surface area (Å²) in [6, 6.07) is 0.258. The molecule has 17 heavy (non-hydrogen) atoms. The number of carbonyl (C=O) groups is 1. The van der Waals surface area contributed by atoms with Gasteiger partial charge in [-0.25, -0.2) is 4.79 Å². The minimum absolute atomic E-state index is 0.0831. The van der Waals surface area contributed by atoms with E-state index in [1.54, 1.807) is 0 Å². The number of urea groups is 1. The standard InChI is InChI=1S/C13H26N2O2/c1-2-12(16)9-10-14-13(17)15-11-7-5-3-4-6-8-11/h11-12,16H,2-10H2,1H3,(H2,14,15,17). The van der Waals surface area contributed by atoms with Crippen LogP contribution in [0.3, 0.4) is 0 Å². The minimum atomic E-state index is -0.298. The minimum Gasteiger partial charge on any atom is -0.393 e. The molecule has 1 aliphatic rings. The predicted octanol–water partition coefficient (Wildman–Crippen LogP) is 2.17. The zero-order chi connectivity index (χ0) is 12.5. The van der Waals surface area contributed by atoms with Crippen molar-refractivity contribution < 1.29 is 9.90 Å². The molecule has 0 aromatic rings. The molecule has 1 atom stereocenters. The van der Waals surface area contributed by atoms with Crippen LogP contribution in [0.2, 0.25) is 0 Å². The molecule has 2 amide bonds. The van der Waals surface area contributed by atoms with Crippen LogP contribution in [0.4, 0.5) is 4.79 Å². The van der Waals surface area contributed by atoms with Crippen LogP contribution in [0.15, 0.2) is 0 Å². The Bertz CT molecular complexity index is 213. The summed E-state index contributed by atoms with van der Waals surface area (Å²) in [5.74, 6) is 0. The van der Waals surface area contributed by atoms with E-state index in [1.165, 1.54) is 25.7 Å². The number of amides is 2. The van der Waals surface area contributed by atoms with Gasteiger partial charge in [-0.15, -0.1) is 0 Å². The first-order valence-corrected chi connectivity index (χ1v) is 6.94. The summed E-state index contributed by atoms with van der Waals surface area (Å²) in [7, 11) is 0. The molecule has 4 heteroatoms. The van der Waals surface area contributed by atoms with Gasteiger partial charge in [0.05, 0.1) is 6.10 Å². The molecule has 1 aliphatic carbocycles. The molecule has 4 nitrogen and oxygen atoms in total. The van der Waals surface area contributed by atoms with Gasteiger partial charge in [0.25, 0.3) is 0 Å². The molecule has 0 saturated heterocycles. The van der Waals surface area contributed by atoms with Crippen molar-refractivity contribution in [1.82, 2.24) is 10.6 Å². The maximum atomic E-state index is 11.6. The van der Waals surface area contributed by atoms with Gasteiger partial charge in [-0.3, -0.25) is 0 Å². The molecule has 100 valence electrons. The van der Waals surface area contributed by atoms with Gasteiger partial charge >= 0.3 is 6.03 Å². The van der Waals surface area contributed by atoms with Crippen LogP contribution in [0.25, 0.3) is 0 Å². The number of aliphatic hydroxyl groups is 1. The monoisotopic (exact) mass is 242 g/mol. The fourth-order valence-corrected chi connectivity index (χ4v) is 2.22. The van der Waals surface area contributed by atoms with E-state index < -0.39 is 0 Å². The van der Waals surface area contributed by atoms with Gasteiger partial charge in [-0.2, -0.15) is 0 Å². The van der Waals surface area contributed by atoms with Crippen molar-refractivity contribution in [2.45, 2.75) is 70.4 Å². The highest BCUT2D eigenvalue weighted by atomic mass is 16.3. The highest BCUT2D eigenvalue weighted by molar-refractivity contribution is 5.74. The van der Waals surface area contributed by atoms with E-state index in [-0.39, 0.29) is 12.1 Å². The Hall–Kier alpha value is -0.770. The molecule has 0 heterocycles. The van der Waals surface area contributed by atoms with E-state index in [1.807, 2.05) is 6.92 Å². The lowest BCUT2D eigenvalue weighted by molar-refractivity contribution is 0.160. The van der Waals surface area contributed by atoms with Gasteiger partial charge in [-0.05, 0) is 25.7 Å². The van der Waals surface area contributed by atoms with Gasteiger partial charge in [0.2, 0.25) is 0 Å². The van der Waals surface area contributed by atoms with Crippen molar-refractivity contribution in [2.24, 2.45) is 0 Å². The van der Waals surface area contributed by atoms with Crippen LogP contribution in [0.1, 0.15) is 58.3 Å². The van der Waals surface area contributed by atoms with Crippen molar-refractivity contribution in [3.63, 3.8) is 0 Å². The first kappa shape index (κ1) is 14.3. The Kier molecular flexibility index (Phi) is 7.01. The van der Waals surface area contributed by atoms with Crippen LogP contribution in [0, 0.1) is 0 Å². The van der Waals surface area contributed by atoms with Crippen LogP contribution in [-0.4, -0.2) is 29.8 Å². The van der Waals surface area contributed by atoms with Gasteiger partial charge < -0.3 is 15.7 Å². The summed E-state index contributed by atoms with van der Waals surface area (Å²) in [6.07, 6.45) is 8.31. The van der Waals surface area contributed by atoms with Crippen LogP contribution in [-0.2, 0) is 0 Å². The summed E-state index contributed by atoms with van der Waals surface area (Å²) < 4.78 is 0.